The van der Waals surface area contributed by atoms with Gasteiger partial charge in [-0.2, -0.15) is 0 Å². The van der Waals surface area contributed by atoms with Crippen LogP contribution in [0, 0.1) is 11.8 Å². The third kappa shape index (κ3) is 4.28. The Morgan fingerprint density at radius 3 is 2.70 bits per heavy atom. The SMILES string of the molecule is CC1CCCC(NC(=O)CN2C(=O)COc3ccc(C(C)(C)C)cc32)C1C. The molecule has 5 nitrogen and oxygen atoms in total. The van der Waals surface area contributed by atoms with Gasteiger partial charge in [0.15, 0.2) is 6.61 Å². The Bertz CT molecular complexity index is 723. The number of rotatable bonds is 3. The van der Waals surface area contributed by atoms with E-state index in [2.05, 4.69) is 39.9 Å². The Balaban J connectivity index is 1.76. The summed E-state index contributed by atoms with van der Waals surface area (Å²) in [7, 11) is 0. The standard InChI is InChI=1S/C22H32N2O3/c1-14-7-6-8-17(15(14)2)23-20(25)12-24-18-11-16(22(3,4)5)9-10-19(18)27-13-21(24)26/h9-11,14-15,17H,6-8,12-13H2,1-5H3,(H,23,25). The molecule has 27 heavy (non-hydrogen) atoms. The minimum Gasteiger partial charge on any atom is -0.482 e. The Morgan fingerprint density at radius 2 is 2.00 bits per heavy atom. The maximum absolute atomic E-state index is 12.7. The number of fused-ring (bicyclic) bond motifs is 1. The summed E-state index contributed by atoms with van der Waals surface area (Å²) in [5.74, 6) is 1.47. The van der Waals surface area contributed by atoms with E-state index in [1.54, 1.807) is 4.90 Å². The molecule has 0 spiro atoms. The molecule has 1 saturated carbocycles. The van der Waals surface area contributed by atoms with E-state index in [1.165, 1.54) is 6.42 Å². The summed E-state index contributed by atoms with van der Waals surface area (Å²) in [6.45, 7) is 10.9. The van der Waals surface area contributed by atoms with E-state index >= 15 is 0 Å². The van der Waals surface area contributed by atoms with Gasteiger partial charge in [-0.3, -0.25) is 14.5 Å². The Morgan fingerprint density at radius 1 is 1.26 bits per heavy atom. The van der Waals surface area contributed by atoms with Gasteiger partial charge in [0.2, 0.25) is 5.91 Å². The van der Waals surface area contributed by atoms with E-state index in [0.29, 0.717) is 23.3 Å². The maximum atomic E-state index is 12.7. The molecule has 2 aliphatic rings. The zero-order valence-electron chi connectivity index (χ0n) is 17.2. The second-order valence-electron chi connectivity index (χ2n) is 9.14. The van der Waals surface area contributed by atoms with Crippen molar-refractivity contribution in [3.8, 4) is 5.75 Å². The summed E-state index contributed by atoms with van der Waals surface area (Å²) in [5, 5.41) is 3.17. The van der Waals surface area contributed by atoms with Crippen LogP contribution in [0.15, 0.2) is 18.2 Å². The molecule has 5 heteroatoms. The van der Waals surface area contributed by atoms with Crippen LogP contribution >= 0.6 is 0 Å². The van der Waals surface area contributed by atoms with Crippen LogP contribution in [0.3, 0.4) is 0 Å². The van der Waals surface area contributed by atoms with Crippen molar-refractivity contribution in [3.63, 3.8) is 0 Å². The number of anilines is 1. The van der Waals surface area contributed by atoms with E-state index in [-0.39, 0.29) is 36.4 Å². The summed E-state index contributed by atoms with van der Waals surface area (Å²) in [5.41, 5.74) is 1.76. The zero-order chi connectivity index (χ0) is 19.8. The first-order chi connectivity index (χ1) is 12.7. The number of carbonyl (C=O) groups excluding carboxylic acids is 2. The first-order valence-electron chi connectivity index (χ1n) is 10.0. The van der Waals surface area contributed by atoms with Crippen LogP contribution < -0.4 is 15.0 Å². The van der Waals surface area contributed by atoms with E-state index in [9.17, 15) is 9.59 Å². The number of nitrogens with one attached hydrogen (secondary N) is 1. The van der Waals surface area contributed by atoms with Crippen molar-refractivity contribution >= 4 is 17.5 Å². The molecule has 1 aliphatic carbocycles. The molecule has 1 aliphatic heterocycles. The predicted molar refractivity (Wildman–Crippen MR) is 107 cm³/mol. The minimum absolute atomic E-state index is 0.0218. The number of hydrogen-bond donors (Lipinski definition) is 1. The number of amides is 2. The lowest BCUT2D eigenvalue weighted by molar-refractivity contribution is -0.126. The Kier molecular flexibility index (Phi) is 5.50. The van der Waals surface area contributed by atoms with Crippen molar-refractivity contribution < 1.29 is 14.3 Å². The fraction of sp³-hybridized carbons (Fsp3) is 0.636. The molecule has 3 atom stereocenters. The van der Waals surface area contributed by atoms with Gasteiger partial charge in [0, 0.05) is 6.04 Å². The molecule has 1 aromatic rings. The lowest BCUT2D eigenvalue weighted by Gasteiger charge is -2.35. The number of ether oxygens (including phenoxy) is 1. The number of hydrogen-bond acceptors (Lipinski definition) is 3. The monoisotopic (exact) mass is 372 g/mol. The van der Waals surface area contributed by atoms with Gasteiger partial charge in [-0.05, 0) is 41.4 Å². The van der Waals surface area contributed by atoms with Crippen LogP contribution in [-0.4, -0.2) is 31.0 Å². The smallest absolute Gasteiger partial charge is 0.265 e. The van der Waals surface area contributed by atoms with Gasteiger partial charge in [0.25, 0.3) is 5.91 Å². The molecule has 0 bridgehead atoms. The normalized spacial score (nSPS) is 25.6. The molecule has 148 valence electrons. The van der Waals surface area contributed by atoms with Crippen LogP contribution in [0.2, 0.25) is 0 Å². The molecular weight excluding hydrogens is 340 g/mol. The third-order valence-electron chi connectivity index (χ3n) is 6.12. The van der Waals surface area contributed by atoms with Crippen molar-refractivity contribution in [1.82, 2.24) is 5.32 Å². The van der Waals surface area contributed by atoms with E-state index in [4.69, 9.17) is 4.74 Å². The van der Waals surface area contributed by atoms with Gasteiger partial charge in [0.05, 0.1) is 5.69 Å². The van der Waals surface area contributed by atoms with Crippen LogP contribution in [0.5, 0.6) is 5.75 Å². The third-order valence-corrected chi connectivity index (χ3v) is 6.12. The Hall–Kier alpha value is -2.04. The van der Waals surface area contributed by atoms with Gasteiger partial charge >= 0.3 is 0 Å². The van der Waals surface area contributed by atoms with E-state index in [0.717, 1.165) is 18.4 Å². The van der Waals surface area contributed by atoms with Crippen molar-refractivity contribution in [3.05, 3.63) is 23.8 Å². The average molecular weight is 373 g/mol. The molecule has 1 heterocycles. The average Bonchev–Trinajstić information content (AvgIpc) is 2.60. The highest BCUT2D eigenvalue weighted by molar-refractivity contribution is 6.02. The molecule has 0 aromatic heterocycles. The largest absolute Gasteiger partial charge is 0.482 e. The lowest BCUT2D eigenvalue weighted by atomic mass is 9.78. The quantitative estimate of drug-likeness (QED) is 0.881. The highest BCUT2D eigenvalue weighted by atomic mass is 16.5. The van der Waals surface area contributed by atoms with Crippen LogP contribution in [-0.2, 0) is 15.0 Å². The van der Waals surface area contributed by atoms with E-state index in [1.807, 2.05) is 18.2 Å². The fourth-order valence-electron chi connectivity index (χ4n) is 4.02. The van der Waals surface area contributed by atoms with Gasteiger partial charge < -0.3 is 10.1 Å². The van der Waals surface area contributed by atoms with Crippen molar-refractivity contribution in [2.45, 2.75) is 65.3 Å². The molecule has 1 fully saturated rings. The molecule has 1 N–H and O–H groups in total. The van der Waals surface area contributed by atoms with Crippen molar-refractivity contribution in [1.29, 1.82) is 0 Å². The second kappa shape index (κ2) is 7.53. The number of nitrogens with zero attached hydrogens (tertiary/aromatic N) is 1. The summed E-state index contributed by atoms with van der Waals surface area (Å²) < 4.78 is 5.57. The maximum Gasteiger partial charge on any atom is 0.265 e. The topological polar surface area (TPSA) is 58.6 Å². The summed E-state index contributed by atoms with van der Waals surface area (Å²) in [4.78, 5) is 26.8. The molecule has 2 amide bonds. The molecule has 0 radical (unpaired) electrons. The van der Waals surface area contributed by atoms with E-state index < -0.39 is 0 Å². The van der Waals surface area contributed by atoms with Gasteiger partial charge in [-0.25, -0.2) is 0 Å². The lowest BCUT2D eigenvalue weighted by Crippen LogP contribution is -2.50. The second-order valence-corrected chi connectivity index (χ2v) is 9.14. The number of benzene rings is 1. The van der Waals surface area contributed by atoms with Gasteiger partial charge in [-0.15, -0.1) is 0 Å². The molecule has 3 unspecified atom stereocenters. The summed E-state index contributed by atoms with van der Waals surface area (Å²) in [6.07, 6.45) is 3.38. The fourth-order valence-corrected chi connectivity index (χ4v) is 4.02. The van der Waals surface area contributed by atoms with Crippen molar-refractivity contribution in [2.24, 2.45) is 11.8 Å². The first-order valence-corrected chi connectivity index (χ1v) is 10.0. The summed E-state index contributed by atoms with van der Waals surface area (Å²) in [6, 6.07) is 6.10. The zero-order valence-corrected chi connectivity index (χ0v) is 17.2. The molecule has 0 saturated heterocycles. The first kappa shape index (κ1) is 19.7. The molecular formula is C22H32N2O3. The van der Waals surface area contributed by atoms with Crippen LogP contribution in [0.1, 0.15) is 59.4 Å². The Labute approximate surface area is 162 Å². The van der Waals surface area contributed by atoms with Gasteiger partial charge in [0.1, 0.15) is 12.3 Å². The van der Waals surface area contributed by atoms with Crippen molar-refractivity contribution in [2.75, 3.05) is 18.1 Å². The summed E-state index contributed by atoms with van der Waals surface area (Å²) >= 11 is 0. The molecule has 3 rings (SSSR count). The predicted octanol–water partition coefficient (Wildman–Crippen LogP) is 3.65. The van der Waals surface area contributed by atoms with Crippen LogP contribution in [0.4, 0.5) is 5.69 Å². The van der Waals surface area contributed by atoms with Gasteiger partial charge in [-0.1, -0.05) is 53.5 Å². The highest BCUT2D eigenvalue weighted by Gasteiger charge is 2.32. The van der Waals surface area contributed by atoms with Crippen LogP contribution in [0.25, 0.3) is 0 Å². The minimum atomic E-state index is -0.172. The highest BCUT2D eigenvalue weighted by Crippen LogP contribution is 2.36. The molecule has 1 aromatic carbocycles. The number of carbonyl (C=O) groups is 2.